The number of methoxy groups -OCH3 is 3. The number of benzene rings is 2. The molecule has 0 saturated heterocycles. The molecule has 2 N–H and O–H groups in total. The van der Waals surface area contributed by atoms with Gasteiger partial charge in [0.15, 0.2) is 18.0 Å². The van der Waals surface area contributed by atoms with Gasteiger partial charge >= 0.3 is 6.61 Å². The maximum Gasteiger partial charge on any atom is 0.387 e. The molecular formula is C21H27F2N2O5+. The van der Waals surface area contributed by atoms with Crippen LogP contribution in [0.4, 0.5) is 8.78 Å². The first-order valence-electron chi connectivity index (χ1n) is 9.26. The van der Waals surface area contributed by atoms with Crippen molar-refractivity contribution in [3.8, 4) is 23.0 Å². The van der Waals surface area contributed by atoms with Gasteiger partial charge in [-0.25, -0.2) is 0 Å². The van der Waals surface area contributed by atoms with E-state index in [1.165, 1.54) is 33.5 Å². The van der Waals surface area contributed by atoms with Crippen molar-refractivity contribution < 1.29 is 37.4 Å². The molecule has 30 heavy (non-hydrogen) atoms. The van der Waals surface area contributed by atoms with Gasteiger partial charge in [0.1, 0.15) is 12.3 Å². The van der Waals surface area contributed by atoms with Crippen molar-refractivity contribution in [1.82, 2.24) is 5.32 Å². The van der Waals surface area contributed by atoms with Crippen molar-refractivity contribution in [3.05, 3.63) is 47.5 Å². The molecule has 1 unspecified atom stereocenters. The van der Waals surface area contributed by atoms with Gasteiger partial charge in [-0.05, 0) is 42.0 Å². The molecule has 0 aromatic heterocycles. The summed E-state index contributed by atoms with van der Waals surface area (Å²) < 4.78 is 44.7. The number of nitrogens with one attached hydrogen (secondary N) is 2. The second-order valence-electron chi connectivity index (χ2n) is 6.64. The lowest BCUT2D eigenvalue weighted by atomic mass is 10.1. The molecule has 0 aliphatic heterocycles. The number of likely N-dealkylation sites (N-methyl/N-ethyl adjacent to an activating group) is 1. The molecule has 164 valence electrons. The van der Waals surface area contributed by atoms with Crippen LogP contribution in [0.3, 0.4) is 0 Å². The summed E-state index contributed by atoms with van der Waals surface area (Å²) in [6.45, 7) is -1.73. The van der Waals surface area contributed by atoms with Crippen LogP contribution in [-0.2, 0) is 17.9 Å². The second kappa shape index (κ2) is 11.2. The van der Waals surface area contributed by atoms with E-state index in [1.54, 1.807) is 24.3 Å². The summed E-state index contributed by atoms with van der Waals surface area (Å²) >= 11 is 0. The Morgan fingerprint density at radius 2 is 1.60 bits per heavy atom. The number of amides is 1. The largest absolute Gasteiger partial charge is 0.493 e. The average Bonchev–Trinajstić information content (AvgIpc) is 2.72. The lowest BCUT2D eigenvalue weighted by Gasteiger charge is -2.16. The summed E-state index contributed by atoms with van der Waals surface area (Å²) in [4.78, 5) is 13.2. The lowest BCUT2D eigenvalue weighted by Crippen LogP contribution is -3.08. The van der Waals surface area contributed by atoms with Crippen molar-refractivity contribution in [3.63, 3.8) is 0 Å². The van der Waals surface area contributed by atoms with E-state index in [1.807, 2.05) is 7.05 Å². The molecular weight excluding hydrogens is 398 g/mol. The molecule has 0 heterocycles. The Balaban J connectivity index is 1.88. The lowest BCUT2D eigenvalue weighted by molar-refractivity contribution is -0.885. The first-order valence-corrected chi connectivity index (χ1v) is 9.26. The van der Waals surface area contributed by atoms with Crippen LogP contribution in [0.5, 0.6) is 23.0 Å². The number of hydrogen-bond donors (Lipinski definition) is 2. The van der Waals surface area contributed by atoms with E-state index < -0.39 is 6.61 Å². The predicted molar refractivity (Wildman–Crippen MR) is 106 cm³/mol. The molecule has 1 atom stereocenters. The van der Waals surface area contributed by atoms with Crippen LogP contribution in [-0.4, -0.2) is 47.4 Å². The third-order valence-electron chi connectivity index (χ3n) is 4.33. The minimum absolute atomic E-state index is 0.106. The first-order chi connectivity index (χ1) is 14.4. The number of alkyl halides is 2. The van der Waals surface area contributed by atoms with E-state index in [2.05, 4.69) is 10.1 Å². The van der Waals surface area contributed by atoms with E-state index in [0.717, 1.165) is 16.0 Å². The summed E-state index contributed by atoms with van der Waals surface area (Å²) in [5.74, 6) is 1.50. The summed E-state index contributed by atoms with van der Waals surface area (Å²) in [6.07, 6.45) is 0. The van der Waals surface area contributed by atoms with Crippen LogP contribution in [0.15, 0.2) is 36.4 Å². The van der Waals surface area contributed by atoms with Crippen molar-refractivity contribution in [2.45, 2.75) is 19.7 Å². The molecule has 9 heteroatoms. The fraction of sp³-hybridized carbons (Fsp3) is 0.381. The molecule has 0 aliphatic rings. The standard InChI is InChI=1S/C21H26F2N2O5/c1-25(12-14-5-7-16(8-6-14)30-21(22)23)13-19(26)24-11-15-9-17(27-2)20(29-4)18(10-15)28-3/h5-10,21H,11-13H2,1-4H3,(H,24,26)/p+1. The third kappa shape index (κ3) is 6.77. The number of rotatable bonds is 11. The summed E-state index contributed by atoms with van der Waals surface area (Å²) in [5.41, 5.74) is 1.72. The summed E-state index contributed by atoms with van der Waals surface area (Å²) in [7, 11) is 6.47. The van der Waals surface area contributed by atoms with E-state index in [-0.39, 0.29) is 18.2 Å². The highest BCUT2D eigenvalue weighted by Crippen LogP contribution is 2.38. The topological polar surface area (TPSA) is 70.5 Å². The highest BCUT2D eigenvalue weighted by atomic mass is 19.3. The zero-order valence-corrected chi connectivity index (χ0v) is 17.5. The molecule has 0 saturated carbocycles. The van der Waals surface area contributed by atoms with E-state index in [0.29, 0.717) is 30.3 Å². The summed E-state index contributed by atoms with van der Waals surface area (Å²) in [5, 5.41) is 2.87. The fourth-order valence-corrected chi connectivity index (χ4v) is 2.97. The van der Waals surface area contributed by atoms with Gasteiger partial charge in [0.25, 0.3) is 5.91 Å². The Morgan fingerprint density at radius 1 is 1.00 bits per heavy atom. The van der Waals surface area contributed by atoms with E-state index in [4.69, 9.17) is 14.2 Å². The molecule has 0 fully saturated rings. The molecule has 7 nitrogen and oxygen atoms in total. The Labute approximate surface area is 174 Å². The second-order valence-corrected chi connectivity index (χ2v) is 6.64. The number of ether oxygens (including phenoxy) is 4. The first kappa shape index (κ1) is 23.2. The minimum atomic E-state index is -2.85. The van der Waals surface area contributed by atoms with Crippen LogP contribution < -0.4 is 29.2 Å². The molecule has 0 aliphatic carbocycles. The molecule has 0 spiro atoms. The minimum Gasteiger partial charge on any atom is -0.493 e. The van der Waals surface area contributed by atoms with Crippen molar-refractivity contribution >= 4 is 5.91 Å². The van der Waals surface area contributed by atoms with Gasteiger partial charge in [0.05, 0.1) is 28.4 Å². The maximum absolute atomic E-state index is 12.3. The quantitative estimate of drug-likeness (QED) is 0.573. The van der Waals surface area contributed by atoms with Crippen molar-refractivity contribution in [2.24, 2.45) is 0 Å². The van der Waals surface area contributed by atoms with E-state index >= 15 is 0 Å². The van der Waals surface area contributed by atoms with Crippen molar-refractivity contribution in [2.75, 3.05) is 34.9 Å². The molecule has 2 aromatic rings. The predicted octanol–water partition coefficient (Wildman–Crippen LogP) is 1.64. The van der Waals surface area contributed by atoms with Crippen LogP contribution in [0.2, 0.25) is 0 Å². The van der Waals surface area contributed by atoms with Crippen LogP contribution in [0, 0.1) is 0 Å². The number of halogens is 2. The molecule has 0 radical (unpaired) electrons. The van der Waals surface area contributed by atoms with Gasteiger partial charge in [-0.3, -0.25) is 4.79 Å². The number of carbonyl (C=O) groups is 1. The normalized spacial score (nSPS) is 11.7. The van der Waals surface area contributed by atoms with Crippen LogP contribution >= 0.6 is 0 Å². The Bertz CT molecular complexity index is 806. The number of hydrogen-bond acceptors (Lipinski definition) is 5. The highest BCUT2D eigenvalue weighted by Gasteiger charge is 2.15. The van der Waals surface area contributed by atoms with Gasteiger partial charge in [0.2, 0.25) is 5.75 Å². The van der Waals surface area contributed by atoms with E-state index in [9.17, 15) is 13.6 Å². The summed E-state index contributed by atoms with van der Waals surface area (Å²) in [6, 6.07) is 9.94. The van der Waals surface area contributed by atoms with Crippen LogP contribution in [0.1, 0.15) is 11.1 Å². The molecule has 2 aromatic carbocycles. The Kier molecular flexibility index (Phi) is 8.67. The van der Waals surface area contributed by atoms with Gasteiger partial charge in [-0.2, -0.15) is 8.78 Å². The van der Waals surface area contributed by atoms with Gasteiger partial charge in [-0.15, -0.1) is 0 Å². The van der Waals surface area contributed by atoms with Gasteiger partial charge in [-0.1, -0.05) is 0 Å². The average molecular weight is 425 g/mol. The molecule has 1 amide bonds. The highest BCUT2D eigenvalue weighted by molar-refractivity contribution is 5.76. The van der Waals surface area contributed by atoms with Crippen LogP contribution in [0.25, 0.3) is 0 Å². The Hall–Kier alpha value is -3.07. The van der Waals surface area contributed by atoms with Crippen molar-refractivity contribution in [1.29, 1.82) is 0 Å². The fourth-order valence-electron chi connectivity index (χ4n) is 2.97. The molecule has 2 rings (SSSR count). The SMILES string of the molecule is COc1cc(CNC(=O)C[NH+](C)Cc2ccc(OC(F)F)cc2)cc(OC)c1OC. The smallest absolute Gasteiger partial charge is 0.387 e. The monoisotopic (exact) mass is 425 g/mol. The van der Waals surface area contributed by atoms with Gasteiger partial charge < -0.3 is 29.2 Å². The zero-order chi connectivity index (χ0) is 22.1. The molecule has 0 bridgehead atoms. The maximum atomic E-state index is 12.3. The third-order valence-corrected chi connectivity index (χ3v) is 4.33. The van der Waals surface area contributed by atoms with Gasteiger partial charge in [0, 0.05) is 12.1 Å². The zero-order valence-electron chi connectivity index (χ0n) is 17.5. The number of quaternary nitrogens is 1. The Morgan fingerprint density at radius 3 is 2.10 bits per heavy atom. The number of carbonyl (C=O) groups excluding carboxylic acids is 1.